The maximum atomic E-state index is 5.14. The van der Waals surface area contributed by atoms with Crippen LogP contribution in [-0.2, 0) is 13.0 Å². The second-order valence-electron chi connectivity index (χ2n) is 4.45. The Kier molecular flexibility index (Phi) is 5.38. The molecule has 1 heterocycles. The van der Waals surface area contributed by atoms with Gasteiger partial charge in [0.15, 0.2) is 0 Å². The second-order valence-corrected chi connectivity index (χ2v) is 4.45. The van der Waals surface area contributed by atoms with Gasteiger partial charge in [-0.05, 0) is 36.7 Å². The molecule has 4 heteroatoms. The zero-order chi connectivity index (χ0) is 14.2. The third-order valence-corrected chi connectivity index (χ3v) is 3.05. The van der Waals surface area contributed by atoms with Crippen LogP contribution in [0.5, 0.6) is 11.6 Å². The number of aromatic nitrogens is 1. The van der Waals surface area contributed by atoms with Gasteiger partial charge in [0.2, 0.25) is 5.88 Å². The van der Waals surface area contributed by atoms with Crippen LogP contribution in [0.15, 0.2) is 42.5 Å². The summed E-state index contributed by atoms with van der Waals surface area (Å²) in [5, 5.41) is 3.38. The molecule has 0 radical (unpaired) electrons. The van der Waals surface area contributed by atoms with Crippen molar-refractivity contribution < 1.29 is 9.47 Å². The minimum Gasteiger partial charge on any atom is -0.497 e. The second kappa shape index (κ2) is 7.50. The average molecular weight is 272 g/mol. The smallest absolute Gasteiger partial charge is 0.213 e. The van der Waals surface area contributed by atoms with Crippen LogP contribution in [0.1, 0.15) is 11.3 Å². The fourth-order valence-electron chi connectivity index (χ4n) is 1.91. The molecule has 0 saturated carbocycles. The van der Waals surface area contributed by atoms with Crippen LogP contribution in [0.25, 0.3) is 0 Å². The van der Waals surface area contributed by atoms with Gasteiger partial charge in [-0.2, -0.15) is 0 Å². The quantitative estimate of drug-likeness (QED) is 0.786. The molecule has 1 N–H and O–H groups in total. The molecule has 0 bridgehead atoms. The molecule has 2 rings (SSSR count). The molecule has 0 aliphatic carbocycles. The molecule has 0 unspecified atom stereocenters. The molecule has 2 aromatic rings. The lowest BCUT2D eigenvalue weighted by Crippen LogP contribution is -2.17. The Morgan fingerprint density at radius 2 is 1.80 bits per heavy atom. The van der Waals surface area contributed by atoms with Crippen molar-refractivity contribution in [2.75, 3.05) is 20.8 Å². The Bertz CT molecular complexity index is 526. The van der Waals surface area contributed by atoms with Gasteiger partial charge >= 0.3 is 0 Å². The number of pyridine rings is 1. The molecular formula is C16H20N2O2. The van der Waals surface area contributed by atoms with E-state index in [1.807, 2.05) is 30.3 Å². The van der Waals surface area contributed by atoms with E-state index in [4.69, 9.17) is 9.47 Å². The van der Waals surface area contributed by atoms with Crippen LogP contribution in [0.3, 0.4) is 0 Å². The van der Waals surface area contributed by atoms with Gasteiger partial charge in [-0.25, -0.2) is 4.98 Å². The summed E-state index contributed by atoms with van der Waals surface area (Å²) < 4.78 is 10.2. The van der Waals surface area contributed by atoms with Gasteiger partial charge in [-0.15, -0.1) is 0 Å². The summed E-state index contributed by atoms with van der Waals surface area (Å²) in [5.74, 6) is 1.54. The fraction of sp³-hybridized carbons (Fsp3) is 0.312. The maximum absolute atomic E-state index is 5.14. The van der Waals surface area contributed by atoms with Crippen LogP contribution >= 0.6 is 0 Å². The van der Waals surface area contributed by atoms with E-state index in [1.165, 1.54) is 5.56 Å². The molecule has 1 aromatic carbocycles. The van der Waals surface area contributed by atoms with E-state index in [9.17, 15) is 0 Å². The molecule has 0 amide bonds. The molecule has 4 nitrogen and oxygen atoms in total. The predicted octanol–water partition coefficient (Wildman–Crippen LogP) is 2.43. The van der Waals surface area contributed by atoms with Crippen LogP contribution in [0.4, 0.5) is 0 Å². The molecule has 1 aromatic heterocycles. The Morgan fingerprint density at radius 3 is 2.50 bits per heavy atom. The van der Waals surface area contributed by atoms with E-state index < -0.39 is 0 Å². The molecular weight excluding hydrogens is 252 g/mol. The third-order valence-electron chi connectivity index (χ3n) is 3.05. The Balaban J connectivity index is 1.75. The standard InChI is InChI=1S/C16H20N2O2/c1-19-15-8-6-13(7-9-15)10-11-17-12-14-4-3-5-16(18-14)20-2/h3-9,17H,10-12H2,1-2H3. The van der Waals surface area contributed by atoms with Gasteiger partial charge in [0.25, 0.3) is 0 Å². The van der Waals surface area contributed by atoms with Crippen LogP contribution in [-0.4, -0.2) is 25.7 Å². The van der Waals surface area contributed by atoms with E-state index in [1.54, 1.807) is 14.2 Å². The van der Waals surface area contributed by atoms with Gasteiger partial charge < -0.3 is 14.8 Å². The average Bonchev–Trinajstić information content (AvgIpc) is 2.52. The van der Waals surface area contributed by atoms with E-state index in [0.717, 1.165) is 31.0 Å². The first-order valence-electron chi connectivity index (χ1n) is 6.65. The molecule has 20 heavy (non-hydrogen) atoms. The van der Waals surface area contributed by atoms with Crippen molar-refractivity contribution in [1.82, 2.24) is 10.3 Å². The van der Waals surface area contributed by atoms with Crippen molar-refractivity contribution in [3.8, 4) is 11.6 Å². The molecule has 0 aliphatic heterocycles. The molecule has 0 atom stereocenters. The summed E-state index contributed by atoms with van der Waals surface area (Å²) in [5.41, 5.74) is 2.27. The lowest BCUT2D eigenvalue weighted by atomic mass is 10.1. The number of nitrogens with one attached hydrogen (secondary N) is 1. The topological polar surface area (TPSA) is 43.4 Å². The molecule has 0 fully saturated rings. The minimum absolute atomic E-state index is 0.652. The van der Waals surface area contributed by atoms with Crippen molar-refractivity contribution in [1.29, 1.82) is 0 Å². The summed E-state index contributed by atoms with van der Waals surface area (Å²) in [6.45, 7) is 1.65. The highest BCUT2D eigenvalue weighted by molar-refractivity contribution is 5.27. The fourth-order valence-corrected chi connectivity index (χ4v) is 1.91. The first-order valence-corrected chi connectivity index (χ1v) is 6.65. The number of methoxy groups -OCH3 is 2. The summed E-state index contributed by atoms with van der Waals surface area (Å²) in [6, 6.07) is 13.9. The molecule has 0 saturated heterocycles. The minimum atomic E-state index is 0.652. The number of benzene rings is 1. The van der Waals surface area contributed by atoms with Gasteiger partial charge in [0.1, 0.15) is 5.75 Å². The van der Waals surface area contributed by atoms with Crippen LogP contribution in [0, 0.1) is 0 Å². The number of hydrogen-bond acceptors (Lipinski definition) is 4. The van der Waals surface area contributed by atoms with Gasteiger partial charge in [-0.1, -0.05) is 18.2 Å². The first kappa shape index (κ1) is 14.3. The maximum Gasteiger partial charge on any atom is 0.213 e. The van der Waals surface area contributed by atoms with E-state index >= 15 is 0 Å². The van der Waals surface area contributed by atoms with Crippen molar-refractivity contribution in [3.05, 3.63) is 53.7 Å². The number of nitrogens with zero attached hydrogens (tertiary/aromatic N) is 1. The molecule has 0 aliphatic rings. The first-order chi connectivity index (χ1) is 9.81. The predicted molar refractivity (Wildman–Crippen MR) is 79.2 cm³/mol. The highest BCUT2D eigenvalue weighted by atomic mass is 16.5. The normalized spacial score (nSPS) is 10.3. The lowest BCUT2D eigenvalue weighted by molar-refractivity contribution is 0.395. The molecule has 106 valence electrons. The summed E-state index contributed by atoms with van der Waals surface area (Å²) in [4.78, 5) is 4.36. The lowest BCUT2D eigenvalue weighted by Gasteiger charge is -2.06. The van der Waals surface area contributed by atoms with Crippen LogP contribution < -0.4 is 14.8 Å². The van der Waals surface area contributed by atoms with Crippen molar-refractivity contribution >= 4 is 0 Å². The van der Waals surface area contributed by atoms with Crippen molar-refractivity contribution in [2.24, 2.45) is 0 Å². The van der Waals surface area contributed by atoms with Gasteiger partial charge in [0, 0.05) is 12.6 Å². The van der Waals surface area contributed by atoms with Gasteiger partial charge in [0.05, 0.1) is 19.9 Å². The monoisotopic (exact) mass is 272 g/mol. The molecule has 0 spiro atoms. The van der Waals surface area contributed by atoms with Crippen molar-refractivity contribution in [2.45, 2.75) is 13.0 Å². The Hall–Kier alpha value is -2.07. The van der Waals surface area contributed by atoms with E-state index in [2.05, 4.69) is 22.4 Å². The highest BCUT2D eigenvalue weighted by Crippen LogP contribution is 2.11. The SMILES string of the molecule is COc1ccc(CCNCc2cccc(OC)n2)cc1. The van der Waals surface area contributed by atoms with Crippen LogP contribution in [0.2, 0.25) is 0 Å². The Morgan fingerprint density at radius 1 is 1.00 bits per heavy atom. The van der Waals surface area contributed by atoms with E-state index in [-0.39, 0.29) is 0 Å². The Labute approximate surface area is 119 Å². The zero-order valence-electron chi connectivity index (χ0n) is 11.9. The third kappa shape index (κ3) is 4.24. The number of rotatable bonds is 7. The van der Waals surface area contributed by atoms with E-state index in [0.29, 0.717) is 5.88 Å². The summed E-state index contributed by atoms with van der Waals surface area (Å²) in [6.07, 6.45) is 0.980. The largest absolute Gasteiger partial charge is 0.497 e. The summed E-state index contributed by atoms with van der Waals surface area (Å²) in [7, 11) is 3.31. The zero-order valence-corrected chi connectivity index (χ0v) is 11.9. The highest BCUT2D eigenvalue weighted by Gasteiger charge is 1.98. The van der Waals surface area contributed by atoms with Gasteiger partial charge in [-0.3, -0.25) is 0 Å². The number of hydrogen-bond donors (Lipinski definition) is 1. The van der Waals surface area contributed by atoms with Crippen molar-refractivity contribution in [3.63, 3.8) is 0 Å². The summed E-state index contributed by atoms with van der Waals surface area (Å²) >= 11 is 0. The number of ether oxygens (including phenoxy) is 2.